The third kappa shape index (κ3) is 3.68. The molecule has 0 fully saturated rings. The molecular formula is C25H28BrP. The normalized spacial score (nSPS) is 14.0. The van der Waals surface area contributed by atoms with Crippen LogP contribution < -0.4 is 15.9 Å². The predicted molar refractivity (Wildman–Crippen MR) is 128 cm³/mol. The SMILES string of the molecule is CC(=CCP(Br)(c1ccccc1)(c1ccccc1)c1ccccc1)C(C)C. The molecule has 0 saturated carbocycles. The molecule has 0 aliphatic carbocycles. The Morgan fingerprint density at radius 2 is 1.07 bits per heavy atom. The summed E-state index contributed by atoms with van der Waals surface area (Å²) in [6, 6.07) is 32.9. The van der Waals surface area contributed by atoms with Crippen molar-refractivity contribution in [1.29, 1.82) is 0 Å². The van der Waals surface area contributed by atoms with Crippen LogP contribution in [0.1, 0.15) is 20.8 Å². The second-order valence-electron chi connectivity index (χ2n) is 7.47. The number of hydrogen-bond acceptors (Lipinski definition) is 0. The molecule has 0 bridgehead atoms. The monoisotopic (exact) mass is 438 g/mol. The van der Waals surface area contributed by atoms with E-state index in [9.17, 15) is 0 Å². The number of hydrogen-bond donors (Lipinski definition) is 0. The fraction of sp³-hybridized carbons (Fsp3) is 0.200. The van der Waals surface area contributed by atoms with Gasteiger partial charge in [-0.15, -0.1) is 0 Å². The van der Waals surface area contributed by atoms with Crippen molar-refractivity contribution in [2.45, 2.75) is 20.8 Å². The number of rotatable bonds is 6. The van der Waals surface area contributed by atoms with Crippen molar-refractivity contribution in [2.24, 2.45) is 5.92 Å². The molecule has 0 N–H and O–H groups in total. The molecule has 0 amide bonds. The molecule has 27 heavy (non-hydrogen) atoms. The zero-order valence-corrected chi connectivity index (χ0v) is 18.8. The number of halogens is 1. The van der Waals surface area contributed by atoms with E-state index in [0.717, 1.165) is 6.16 Å². The molecule has 3 aromatic carbocycles. The van der Waals surface area contributed by atoms with Gasteiger partial charge in [-0.3, -0.25) is 0 Å². The Kier molecular flexibility index (Phi) is 6.04. The Morgan fingerprint density at radius 3 is 1.37 bits per heavy atom. The first-order valence-corrected chi connectivity index (χ1v) is 14.0. The molecule has 0 atom stereocenters. The summed E-state index contributed by atoms with van der Waals surface area (Å²) in [6.07, 6.45) is 3.41. The minimum absolute atomic E-state index is 0.550. The number of benzene rings is 3. The summed E-state index contributed by atoms with van der Waals surface area (Å²) in [5.74, 6) is 0.550. The van der Waals surface area contributed by atoms with Crippen molar-refractivity contribution in [1.82, 2.24) is 0 Å². The van der Waals surface area contributed by atoms with Gasteiger partial charge in [0.2, 0.25) is 0 Å². The van der Waals surface area contributed by atoms with Crippen LogP contribution in [0, 0.1) is 5.92 Å². The zero-order valence-electron chi connectivity index (χ0n) is 16.3. The maximum absolute atomic E-state index is 4.48. The molecule has 0 saturated heterocycles. The molecule has 0 spiro atoms. The zero-order chi connectivity index (χ0) is 19.4. The molecular weight excluding hydrogens is 411 g/mol. The van der Waals surface area contributed by atoms with Crippen LogP contribution in [0.25, 0.3) is 0 Å². The molecule has 140 valence electrons. The van der Waals surface area contributed by atoms with Crippen molar-refractivity contribution < 1.29 is 0 Å². The standard InChI is InChI=1S/C25H28BrP/c1-21(2)22(3)19-20-27(26,23-13-7-4-8-14-23,24-15-9-5-10-16-24)25-17-11-6-12-18-25/h4-19,21H,20H2,1-3H3. The van der Waals surface area contributed by atoms with Crippen molar-refractivity contribution >= 4 is 36.7 Å². The summed E-state index contributed by atoms with van der Waals surface area (Å²) in [5, 5.41) is 1.30. The summed E-state index contributed by atoms with van der Waals surface area (Å²) in [6.45, 7) is 6.78. The molecule has 0 aliphatic rings. The van der Waals surface area contributed by atoms with Gasteiger partial charge >= 0.3 is 172 Å². The van der Waals surface area contributed by atoms with Crippen LogP contribution in [-0.4, -0.2) is 6.16 Å². The Morgan fingerprint density at radius 1 is 0.741 bits per heavy atom. The quantitative estimate of drug-likeness (QED) is 0.307. The van der Waals surface area contributed by atoms with E-state index in [2.05, 4.69) is 133 Å². The minimum atomic E-state index is -2.81. The summed E-state index contributed by atoms with van der Waals surface area (Å²) in [5.41, 5.74) is 1.44. The van der Waals surface area contributed by atoms with Crippen molar-refractivity contribution in [3.63, 3.8) is 0 Å². The topological polar surface area (TPSA) is 0 Å². The van der Waals surface area contributed by atoms with Gasteiger partial charge in [-0.1, -0.05) is 0 Å². The molecule has 0 unspecified atom stereocenters. The van der Waals surface area contributed by atoms with Crippen LogP contribution in [0.15, 0.2) is 103 Å². The summed E-state index contributed by atoms with van der Waals surface area (Å²) >= 11 is 4.48. The van der Waals surface area contributed by atoms with E-state index in [1.54, 1.807) is 0 Å². The second-order valence-corrected chi connectivity index (χ2v) is 16.5. The van der Waals surface area contributed by atoms with E-state index >= 15 is 0 Å². The first-order valence-electron chi connectivity index (χ1n) is 9.53. The molecule has 0 aromatic heterocycles. The Bertz CT molecular complexity index is 799. The molecule has 0 aliphatic heterocycles. The maximum atomic E-state index is 4.48. The van der Waals surface area contributed by atoms with Gasteiger partial charge in [-0.25, -0.2) is 0 Å². The first-order chi connectivity index (χ1) is 13.0. The molecule has 0 radical (unpaired) electrons. The van der Waals surface area contributed by atoms with Crippen LogP contribution in [0.4, 0.5) is 0 Å². The van der Waals surface area contributed by atoms with Gasteiger partial charge in [0.1, 0.15) is 0 Å². The van der Waals surface area contributed by atoms with E-state index in [1.165, 1.54) is 21.5 Å². The van der Waals surface area contributed by atoms with Gasteiger partial charge in [-0.05, 0) is 0 Å². The Hall–Kier alpha value is -1.69. The fourth-order valence-corrected chi connectivity index (χ4v) is 10.6. The first kappa shape index (κ1) is 20.1. The van der Waals surface area contributed by atoms with Crippen LogP contribution in [0.3, 0.4) is 0 Å². The third-order valence-corrected chi connectivity index (χ3v) is 15.1. The molecule has 2 heteroatoms. The van der Waals surface area contributed by atoms with E-state index < -0.39 is 5.31 Å². The van der Waals surface area contributed by atoms with Crippen LogP contribution in [-0.2, 0) is 0 Å². The second kappa shape index (κ2) is 8.13. The molecule has 3 aromatic rings. The van der Waals surface area contributed by atoms with Gasteiger partial charge in [0.05, 0.1) is 0 Å². The van der Waals surface area contributed by atoms with E-state index in [1.807, 2.05) is 0 Å². The predicted octanol–water partition coefficient (Wildman–Crippen LogP) is 6.43. The van der Waals surface area contributed by atoms with Gasteiger partial charge in [0, 0.05) is 0 Å². The van der Waals surface area contributed by atoms with E-state index in [-0.39, 0.29) is 0 Å². The average Bonchev–Trinajstić information content (AvgIpc) is 2.74. The average molecular weight is 439 g/mol. The van der Waals surface area contributed by atoms with Gasteiger partial charge in [-0.2, -0.15) is 0 Å². The van der Waals surface area contributed by atoms with Crippen LogP contribution in [0.5, 0.6) is 0 Å². The van der Waals surface area contributed by atoms with E-state index in [4.69, 9.17) is 0 Å². The summed E-state index contributed by atoms with van der Waals surface area (Å²) in [4.78, 5) is 0. The Labute approximate surface area is 172 Å². The molecule has 0 nitrogen and oxygen atoms in total. The summed E-state index contributed by atoms with van der Waals surface area (Å²) in [7, 11) is 0. The third-order valence-electron chi connectivity index (χ3n) is 5.55. The number of allylic oxidation sites excluding steroid dienone is 2. The van der Waals surface area contributed by atoms with E-state index in [0.29, 0.717) is 5.92 Å². The van der Waals surface area contributed by atoms with Crippen molar-refractivity contribution in [3.8, 4) is 0 Å². The summed E-state index contributed by atoms with van der Waals surface area (Å²) < 4.78 is 0. The Balaban J connectivity index is 2.38. The molecule has 0 heterocycles. The fourth-order valence-electron chi connectivity index (χ4n) is 3.53. The van der Waals surface area contributed by atoms with Crippen molar-refractivity contribution in [3.05, 3.63) is 103 Å². The van der Waals surface area contributed by atoms with Gasteiger partial charge < -0.3 is 0 Å². The van der Waals surface area contributed by atoms with Gasteiger partial charge in [0.15, 0.2) is 0 Å². The van der Waals surface area contributed by atoms with Crippen LogP contribution >= 0.6 is 20.8 Å². The van der Waals surface area contributed by atoms with Gasteiger partial charge in [0.25, 0.3) is 0 Å². The van der Waals surface area contributed by atoms with Crippen molar-refractivity contribution in [2.75, 3.05) is 6.16 Å². The van der Waals surface area contributed by atoms with Crippen LogP contribution in [0.2, 0.25) is 0 Å². The molecule has 3 rings (SSSR count).